The van der Waals surface area contributed by atoms with Crippen molar-refractivity contribution >= 4 is 17.6 Å². The van der Waals surface area contributed by atoms with Crippen LogP contribution in [0.1, 0.15) is 27.7 Å². The van der Waals surface area contributed by atoms with E-state index in [9.17, 15) is 4.79 Å². The summed E-state index contributed by atoms with van der Waals surface area (Å²) >= 11 is 5.53. The molecular formula is C8H18ClNO2. The average Bonchev–Trinajstić information content (AvgIpc) is 1.82. The van der Waals surface area contributed by atoms with Crippen molar-refractivity contribution in [3.63, 3.8) is 0 Å². The summed E-state index contributed by atoms with van der Waals surface area (Å²) in [5.74, 6) is -0.817. The molecule has 4 heteroatoms. The first-order valence-electron chi connectivity index (χ1n) is 3.77. The number of alkyl halides is 1. The van der Waals surface area contributed by atoms with Crippen LogP contribution in [0.25, 0.3) is 0 Å². The Bertz CT molecular complexity index is 126. The van der Waals surface area contributed by atoms with Gasteiger partial charge in [0.2, 0.25) is 0 Å². The summed E-state index contributed by atoms with van der Waals surface area (Å²) in [5.41, 5.74) is 0. The molecule has 0 aromatic rings. The van der Waals surface area contributed by atoms with Crippen molar-refractivity contribution in [2.45, 2.75) is 38.6 Å². The van der Waals surface area contributed by atoms with Crippen LogP contribution in [0.4, 0.5) is 0 Å². The molecule has 0 aliphatic carbocycles. The summed E-state index contributed by atoms with van der Waals surface area (Å²) in [6.45, 7) is 7.44. The predicted molar refractivity (Wildman–Crippen MR) is 51.8 cm³/mol. The van der Waals surface area contributed by atoms with Crippen LogP contribution in [0.3, 0.4) is 0 Å². The van der Waals surface area contributed by atoms with Gasteiger partial charge in [-0.3, -0.25) is 4.79 Å². The first kappa shape index (κ1) is 14.3. The Hall–Kier alpha value is -0.280. The smallest absolute Gasteiger partial charge is 0.320 e. The lowest BCUT2D eigenvalue weighted by atomic mass is 10.3. The first-order valence-corrected chi connectivity index (χ1v) is 4.15. The maximum Gasteiger partial charge on any atom is 0.320 e. The third kappa shape index (κ3) is 22.6. The Morgan fingerprint density at radius 2 is 1.75 bits per heavy atom. The summed E-state index contributed by atoms with van der Waals surface area (Å²) in [5, 5.41) is 10.7. The molecule has 0 aromatic carbocycles. The van der Waals surface area contributed by atoms with Gasteiger partial charge < -0.3 is 10.4 Å². The fraction of sp³-hybridized carbons (Fsp3) is 0.875. The Morgan fingerprint density at radius 1 is 1.50 bits per heavy atom. The monoisotopic (exact) mass is 195 g/mol. The molecule has 1 atom stereocenters. The molecule has 0 radical (unpaired) electrons. The minimum Gasteiger partial charge on any atom is -0.480 e. The zero-order valence-corrected chi connectivity index (χ0v) is 9.07. The van der Waals surface area contributed by atoms with E-state index in [2.05, 4.69) is 5.32 Å². The number of hydrogen-bond donors (Lipinski definition) is 2. The van der Waals surface area contributed by atoms with Gasteiger partial charge >= 0.3 is 5.97 Å². The van der Waals surface area contributed by atoms with Gasteiger partial charge in [-0.1, -0.05) is 0 Å². The molecule has 1 unspecified atom stereocenters. The zero-order valence-electron chi connectivity index (χ0n) is 8.31. The average molecular weight is 196 g/mol. The highest BCUT2D eigenvalue weighted by molar-refractivity contribution is 6.23. The van der Waals surface area contributed by atoms with Crippen molar-refractivity contribution in [2.75, 3.05) is 7.05 Å². The summed E-state index contributed by atoms with van der Waals surface area (Å²) in [6.07, 6.45) is 0. The third-order valence-corrected chi connectivity index (χ3v) is 0.803. The Balaban J connectivity index is 0. The molecule has 0 rings (SSSR count). The summed E-state index contributed by atoms with van der Waals surface area (Å²) in [4.78, 5) is 9.84. The number of rotatable bonds is 2. The Labute approximate surface area is 79.1 Å². The van der Waals surface area contributed by atoms with Crippen LogP contribution in [0, 0.1) is 0 Å². The number of carboxylic acids is 1. The van der Waals surface area contributed by atoms with Gasteiger partial charge in [-0.15, -0.1) is 11.6 Å². The maximum absolute atomic E-state index is 9.87. The number of likely N-dealkylation sites (N-methyl/N-ethyl adjacent to an activating group) is 1. The standard InChI is InChI=1S/C4H9Cl.C4H9NO2/c1-4(2,3)5;1-3(5-2)4(6)7/h1-3H3;3,5H,1-2H3,(H,6,7). The molecule has 0 saturated heterocycles. The Kier molecular flexibility index (Phi) is 7.44. The molecule has 0 spiro atoms. The van der Waals surface area contributed by atoms with Crippen molar-refractivity contribution < 1.29 is 9.90 Å². The molecular weight excluding hydrogens is 178 g/mol. The van der Waals surface area contributed by atoms with Gasteiger partial charge in [0.1, 0.15) is 6.04 Å². The second-order valence-electron chi connectivity index (χ2n) is 3.42. The number of carboxylic acid groups (broad SMARTS) is 1. The van der Waals surface area contributed by atoms with Crippen molar-refractivity contribution in [1.82, 2.24) is 5.32 Å². The molecule has 0 saturated carbocycles. The molecule has 0 aliphatic heterocycles. The number of halogens is 1. The van der Waals surface area contributed by atoms with Crippen molar-refractivity contribution in [2.24, 2.45) is 0 Å². The molecule has 3 nitrogen and oxygen atoms in total. The summed E-state index contributed by atoms with van der Waals surface area (Å²) in [7, 11) is 1.61. The maximum atomic E-state index is 9.87. The van der Waals surface area contributed by atoms with Crippen molar-refractivity contribution in [3.05, 3.63) is 0 Å². The van der Waals surface area contributed by atoms with Crippen molar-refractivity contribution in [1.29, 1.82) is 0 Å². The second kappa shape index (κ2) is 6.26. The van der Waals surface area contributed by atoms with Crippen LogP contribution in [-0.2, 0) is 4.79 Å². The van der Waals surface area contributed by atoms with E-state index >= 15 is 0 Å². The molecule has 0 heterocycles. The van der Waals surface area contributed by atoms with E-state index in [-0.39, 0.29) is 4.87 Å². The van der Waals surface area contributed by atoms with Gasteiger partial charge in [0.25, 0.3) is 0 Å². The van der Waals surface area contributed by atoms with E-state index in [1.165, 1.54) is 0 Å². The molecule has 0 fully saturated rings. The third-order valence-electron chi connectivity index (χ3n) is 0.803. The fourth-order valence-electron chi connectivity index (χ4n) is 0.123. The van der Waals surface area contributed by atoms with Crippen LogP contribution in [0.15, 0.2) is 0 Å². The van der Waals surface area contributed by atoms with E-state index in [1.807, 2.05) is 20.8 Å². The predicted octanol–water partition coefficient (Wildman–Crippen LogP) is 1.70. The van der Waals surface area contributed by atoms with Gasteiger partial charge in [0, 0.05) is 4.87 Å². The largest absolute Gasteiger partial charge is 0.480 e. The van der Waals surface area contributed by atoms with E-state index in [0.29, 0.717) is 0 Å². The number of nitrogens with one attached hydrogen (secondary N) is 1. The SMILES string of the molecule is CC(C)(C)Cl.CNC(C)C(=O)O. The first-order chi connectivity index (χ1) is 5.18. The number of hydrogen-bond acceptors (Lipinski definition) is 2. The highest BCUT2D eigenvalue weighted by Crippen LogP contribution is 2.07. The van der Waals surface area contributed by atoms with Crippen molar-refractivity contribution in [3.8, 4) is 0 Å². The van der Waals surface area contributed by atoms with Crippen LogP contribution in [-0.4, -0.2) is 29.0 Å². The highest BCUT2D eigenvalue weighted by atomic mass is 35.5. The molecule has 0 bridgehead atoms. The van der Waals surface area contributed by atoms with Crippen LogP contribution in [0.2, 0.25) is 0 Å². The van der Waals surface area contributed by atoms with Gasteiger partial charge in [-0.2, -0.15) is 0 Å². The fourth-order valence-corrected chi connectivity index (χ4v) is 0.123. The van der Waals surface area contributed by atoms with E-state index in [1.54, 1.807) is 14.0 Å². The van der Waals surface area contributed by atoms with Gasteiger partial charge in [0.15, 0.2) is 0 Å². The summed E-state index contributed by atoms with van der Waals surface area (Å²) in [6, 6.07) is -0.431. The lowest BCUT2D eigenvalue weighted by Crippen LogP contribution is -2.29. The molecule has 12 heavy (non-hydrogen) atoms. The number of aliphatic carboxylic acids is 1. The normalized spacial score (nSPS) is 12.8. The van der Waals surface area contributed by atoms with Crippen LogP contribution < -0.4 is 5.32 Å². The van der Waals surface area contributed by atoms with Crippen LogP contribution in [0.5, 0.6) is 0 Å². The number of carbonyl (C=O) groups is 1. The Morgan fingerprint density at radius 3 is 1.75 bits per heavy atom. The van der Waals surface area contributed by atoms with Crippen LogP contribution >= 0.6 is 11.6 Å². The minimum absolute atomic E-state index is 0.0278. The molecule has 2 N–H and O–H groups in total. The molecule has 0 aromatic heterocycles. The topological polar surface area (TPSA) is 49.3 Å². The lowest BCUT2D eigenvalue weighted by Gasteiger charge is -2.01. The van der Waals surface area contributed by atoms with E-state index in [4.69, 9.17) is 16.7 Å². The van der Waals surface area contributed by atoms with E-state index in [0.717, 1.165) is 0 Å². The van der Waals surface area contributed by atoms with Gasteiger partial charge in [-0.25, -0.2) is 0 Å². The van der Waals surface area contributed by atoms with E-state index < -0.39 is 12.0 Å². The lowest BCUT2D eigenvalue weighted by molar-refractivity contribution is -0.138. The minimum atomic E-state index is -0.817. The quantitative estimate of drug-likeness (QED) is 0.660. The molecule has 0 amide bonds. The zero-order chi connectivity index (χ0) is 10.4. The highest BCUT2D eigenvalue weighted by Gasteiger charge is 2.04. The van der Waals surface area contributed by atoms with Gasteiger partial charge in [0.05, 0.1) is 0 Å². The van der Waals surface area contributed by atoms with Gasteiger partial charge in [-0.05, 0) is 34.7 Å². The molecule has 0 aliphatic rings. The summed E-state index contributed by atoms with van der Waals surface area (Å²) < 4.78 is 0. The molecule has 74 valence electrons. The second-order valence-corrected chi connectivity index (χ2v) is 4.55.